The van der Waals surface area contributed by atoms with Gasteiger partial charge >= 0.3 is 0 Å². The van der Waals surface area contributed by atoms with Gasteiger partial charge in [-0.15, -0.1) is 0 Å². The Morgan fingerprint density at radius 1 is 1.19 bits per heavy atom. The largest absolute Gasteiger partial charge is 0.494 e. The molecule has 0 spiro atoms. The average molecular weight is 686 g/mol. The summed E-state index contributed by atoms with van der Waals surface area (Å²) < 4.78 is 34.6. The second kappa shape index (κ2) is 15.7. The van der Waals surface area contributed by atoms with Crippen LogP contribution in [0, 0.1) is 5.92 Å². The second-order valence-corrected chi connectivity index (χ2v) is 17.7. The maximum atomic E-state index is 16.1. The number of aliphatic hydroxyl groups is 2. The van der Waals surface area contributed by atoms with E-state index in [2.05, 4.69) is 5.32 Å². The third kappa shape index (κ3) is 7.57. The van der Waals surface area contributed by atoms with E-state index >= 15 is 4.11 Å². The van der Waals surface area contributed by atoms with Crippen molar-refractivity contribution in [3.63, 3.8) is 0 Å². The first-order chi connectivity index (χ1) is 23.0. The minimum atomic E-state index is -3.42. The molecule has 0 bridgehead atoms. The van der Waals surface area contributed by atoms with Crippen LogP contribution in [0.3, 0.4) is 0 Å². The van der Waals surface area contributed by atoms with Gasteiger partial charge in [0.15, 0.2) is 0 Å². The molecular weight excluding hydrogens is 633 g/mol. The number of nitrogens with one attached hydrogen (secondary N) is 1. The summed E-state index contributed by atoms with van der Waals surface area (Å²) in [6.45, 7) is 8.88. The Balaban J connectivity index is 1.46. The molecule has 2 unspecified atom stereocenters. The summed E-state index contributed by atoms with van der Waals surface area (Å²) in [4.78, 5) is 31.0. The highest BCUT2D eigenvalue weighted by molar-refractivity contribution is 6.72. The minimum Gasteiger partial charge on any atom is -0.494 e. The number of ether oxygens (including phenoxy) is 3. The van der Waals surface area contributed by atoms with Crippen LogP contribution in [0.15, 0.2) is 36.4 Å². The van der Waals surface area contributed by atoms with E-state index in [0.717, 1.165) is 41.8 Å². The molecule has 10 nitrogen and oxygen atoms in total. The van der Waals surface area contributed by atoms with Crippen LogP contribution >= 0.6 is 0 Å². The predicted octanol–water partition coefficient (Wildman–Crippen LogP) is 5.04. The minimum absolute atomic E-state index is 0.0145. The molecule has 3 aliphatic rings. The number of halogens is 1. The van der Waals surface area contributed by atoms with Gasteiger partial charge in [0.25, 0.3) is 0 Å². The normalized spacial score (nSPS) is 24.6. The molecule has 5 rings (SSSR count). The molecule has 1 saturated heterocycles. The Hall–Kier alpha value is -3.03. The van der Waals surface area contributed by atoms with E-state index in [0.29, 0.717) is 44.0 Å². The number of benzene rings is 2. The SMILES string of the molecule is CCOc1ccc2c(c1)CC(NCCCCO)C(=O)N2c1ccc2c(c1)[C@H](OC)[C@@H](C)[C@H](C(CC(=O)N1CCC[C@H]1CO)[Si](C)(C)F)O2. The number of fused-ring (bicyclic) bond motifs is 2. The number of methoxy groups -OCH3 is 1. The zero-order valence-corrected chi connectivity index (χ0v) is 29.9. The van der Waals surface area contributed by atoms with E-state index in [1.54, 1.807) is 30.0 Å². The lowest BCUT2D eigenvalue weighted by Crippen LogP contribution is -2.50. The number of unbranched alkanes of at least 4 members (excludes halogenated alkanes) is 1. The van der Waals surface area contributed by atoms with Crippen LogP contribution in [-0.4, -0.2) is 93.5 Å². The first kappa shape index (κ1) is 36.3. The van der Waals surface area contributed by atoms with Gasteiger partial charge < -0.3 is 38.7 Å². The number of aliphatic hydroxyl groups excluding tert-OH is 2. The molecule has 6 atom stereocenters. The third-order valence-corrected chi connectivity index (χ3v) is 12.5. The van der Waals surface area contributed by atoms with Crippen LogP contribution in [0.5, 0.6) is 11.5 Å². The number of carbonyl (C=O) groups is 2. The van der Waals surface area contributed by atoms with Gasteiger partial charge in [0.2, 0.25) is 20.2 Å². The molecule has 2 aromatic carbocycles. The van der Waals surface area contributed by atoms with Crippen molar-refractivity contribution in [2.45, 2.75) is 95.3 Å². The van der Waals surface area contributed by atoms with Gasteiger partial charge in [0.1, 0.15) is 17.6 Å². The lowest BCUT2D eigenvalue weighted by molar-refractivity contribution is -0.133. The van der Waals surface area contributed by atoms with Crippen LogP contribution in [0.2, 0.25) is 18.6 Å². The lowest BCUT2D eigenvalue weighted by atomic mass is 9.86. The van der Waals surface area contributed by atoms with Crippen molar-refractivity contribution < 1.29 is 38.1 Å². The summed E-state index contributed by atoms with van der Waals surface area (Å²) in [7, 11) is -1.80. The number of anilines is 2. The smallest absolute Gasteiger partial charge is 0.249 e. The fourth-order valence-corrected chi connectivity index (χ4v) is 9.45. The number of hydrogen-bond acceptors (Lipinski definition) is 8. The molecule has 2 aromatic rings. The van der Waals surface area contributed by atoms with E-state index in [1.807, 2.05) is 50.2 Å². The van der Waals surface area contributed by atoms with E-state index in [-0.39, 0.29) is 43.4 Å². The van der Waals surface area contributed by atoms with Gasteiger partial charge in [-0.05, 0) is 101 Å². The maximum Gasteiger partial charge on any atom is 0.249 e. The zero-order valence-electron chi connectivity index (χ0n) is 28.9. The number of carbonyl (C=O) groups excluding carboxylic acids is 2. The average Bonchev–Trinajstić information content (AvgIpc) is 3.55. The molecule has 3 N–H and O–H groups in total. The Morgan fingerprint density at radius 3 is 2.67 bits per heavy atom. The summed E-state index contributed by atoms with van der Waals surface area (Å²) in [6.07, 6.45) is 2.45. The van der Waals surface area contributed by atoms with E-state index < -0.39 is 32.2 Å². The number of likely N-dealkylation sites (tertiary alicyclic amines) is 1. The van der Waals surface area contributed by atoms with Crippen LogP contribution in [-0.2, 0) is 20.7 Å². The first-order valence-electron chi connectivity index (χ1n) is 17.4. The molecule has 0 saturated carbocycles. The van der Waals surface area contributed by atoms with E-state index in [1.165, 1.54) is 0 Å². The van der Waals surface area contributed by atoms with Crippen molar-refractivity contribution in [3.8, 4) is 11.5 Å². The van der Waals surface area contributed by atoms with Gasteiger partial charge in [-0.25, -0.2) is 0 Å². The van der Waals surface area contributed by atoms with Crippen LogP contribution in [0.25, 0.3) is 0 Å². The van der Waals surface area contributed by atoms with Crippen molar-refractivity contribution in [2.24, 2.45) is 5.92 Å². The van der Waals surface area contributed by atoms with Crippen LogP contribution < -0.4 is 19.7 Å². The Morgan fingerprint density at radius 2 is 1.98 bits per heavy atom. The Kier molecular flexibility index (Phi) is 11.8. The molecule has 12 heteroatoms. The van der Waals surface area contributed by atoms with Crippen LogP contribution in [0.1, 0.15) is 63.2 Å². The fourth-order valence-electron chi connectivity index (χ4n) is 7.63. The van der Waals surface area contributed by atoms with Crippen molar-refractivity contribution in [2.75, 3.05) is 44.9 Å². The van der Waals surface area contributed by atoms with Gasteiger partial charge in [-0.2, -0.15) is 0 Å². The van der Waals surface area contributed by atoms with Gasteiger partial charge in [0, 0.05) is 49.4 Å². The third-order valence-electron chi connectivity index (χ3n) is 10.2. The summed E-state index contributed by atoms with van der Waals surface area (Å²) in [5.74, 6) is 0.777. The quantitative estimate of drug-likeness (QED) is 0.144. The molecular formula is C36H52FN3O7Si. The number of hydrogen-bond donors (Lipinski definition) is 3. The summed E-state index contributed by atoms with van der Waals surface area (Å²) >= 11 is 0. The molecule has 2 amide bonds. The van der Waals surface area contributed by atoms with Crippen molar-refractivity contribution >= 4 is 31.6 Å². The first-order valence-corrected chi connectivity index (χ1v) is 20.3. The highest BCUT2D eigenvalue weighted by Crippen LogP contribution is 2.49. The van der Waals surface area contributed by atoms with Crippen LogP contribution in [0.4, 0.5) is 15.5 Å². The fraction of sp³-hybridized carbons (Fsp3) is 0.611. The predicted molar refractivity (Wildman–Crippen MR) is 185 cm³/mol. The molecule has 264 valence electrons. The zero-order chi connectivity index (χ0) is 34.6. The van der Waals surface area contributed by atoms with E-state index in [9.17, 15) is 19.8 Å². The molecule has 3 aliphatic heterocycles. The lowest BCUT2D eigenvalue weighted by Gasteiger charge is -2.43. The van der Waals surface area contributed by atoms with Gasteiger partial charge in [0.05, 0.1) is 37.1 Å². The number of rotatable bonds is 14. The monoisotopic (exact) mass is 685 g/mol. The second-order valence-electron chi connectivity index (χ2n) is 13.8. The summed E-state index contributed by atoms with van der Waals surface area (Å²) in [6, 6.07) is 10.7. The summed E-state index contributed by atoms with van der Waals surface area (Å²) in [5.41, 5.74) is 2.56. The summed E-state index contributed by atoms with van der Waals surface area (Å²) in [5, 5.41) is 22.4. The Bertz CT molecular complexity index is 1440. The molecule has 0 aliphatic carbocycles. The molecule has 1 fully saturated rings. The molecule has 3 heterocycles. The number of nitrogens with zero attached hydrogens (tertiary/aromatic N) is 2. The topological polar surface area (TPSA) is 121 Å². The van der Waals surface area contributed by atoms with E-state index in [4.69, 9.17) is 14.2 Å². The molecule has 0 aromatic heterocycles. The highest BCUT2D eigenvalue weighted by atomic mass is 28.4. The number of amides is 2. The van der Waals surface area contributed by atoms with Crippen molar-refractivity contribution in [1.82, 2.24) is 10.2 Å². The Labute approximate surface area is 284 Å². The standard InChI is InChI=1S/C36H52FN3O7Si/c1-6-46-27-12-13-30-24(18-27)19-29(38-15-7-8-17-41)36(44)40(30)25-11-14-31-28(20-25)34(45-3)23(2)35(47-31)32(48(4,5)37)21-33(43)39-16-9-10-26(39)22-42/h11-14,18,20,23,26,29,32,34-35,38,41-42H,6-10,15-17,19,21-22H2,1-5H3/t23-,26+,29?,32?,34-,35-/m1/s1. The van der Waals surface area contributed by atoms with Crippen molar-refractivity contribution in [3.05, 3.63) is 47.5 Å². The highest BCUT2D eigenvalue weighted by Gasteiger charge is 2.49. The molecule has 48 heavy (non-hydrogen) atoms. The van der Waals surface area contributed by atoms with Gasteiger partial charge in [-0.1, -0.05) is 6.92 Å². The molecule has 0 radical (unpaired) electrons. The van der Waals surface area contributed by atoms with Gasteiger partial charge in [-0.3, -0.25) is 14.5 Å². The van der Waals surface area contributed by atoms with Crippen molar-refractivity contribution in [1.29, 1.82) is 0 Å². The maximum absolute atomic E-state index is 16.1.